The number of fused-ring (bicyclic) bond motifs is 1. The lowest BCUT2D eigenvalue weighted by molar-refractivity contribution is -0.160. The Morgan fingerprint density at radius 3 is 2.79 bits per heavy atom. The molecule has 0 atom stereocenters. The highest BCUT2D eigenvalue weighted by atomic mass is 79.9. The predicted octanol–water partition coefficient (Wildman–Crippen LogP) is 4.66. The molecule has 0 N–H and O–H groups in total. The zero-order chi connectivity index (χ0) is 23.7. The second-order valence-corrected chi connectivity index (χ2v) is 9.79. The van der Waals surface area contributed by atoms with E-state index in [4.69, 9.17) is 9.47 Å². The maximum Gasteiger partial charge on any atom is 0.343 e. The van der Waals surface area contributed by atoms with Gasteiger partial charge in [0.1, 0.15) is 11.3 Å². The van der Waals surface area contributed by atoms with Gasteiger partial charge in [0.15, 0.2) is 0 Å². The van der Waals surface area contributed by atoms with E-state index >= 15 is 0 Å². The van der Waals surface area contributed by atoms with Crippen LogP contribution >= 0.6 is 15.9 Å². The van der Waals surface area contributed by atoms with Gasteiger partial charge in [-0.15, -0.1) is 5.10 Å². The molecule has 8 nitrogen and oxygen atoms in total. The number of benzene rings is 1. The molecule has 0 bridgehead atoms. The summed E-state index contributed by atoms with van der Waals surface area (Å²) in [5.74, 6) is 1.03. The molecule has 1 aliphatic carbocycles. The molecule has 0 amide bonds. The van der Waals surface area contributed by atoms with Crippen LogP contribution in [-0.4, -0.2) is 56.2 Å². The van der Waals surface area contributed by atoms with E-state index in [9.17, 15) is 9.18 Å². The zero-order valence-electron chi connectivity index (χ0n) is 19.0. The van der Waals surface area contributed by atoms with Crippen molar-refractivity contribution in [3.8, 4) is 11.6 Å². The van der Waals surface area contributed by atoms with Crippen molar-refractivity contribution >= 4 is 32.9 Å². The minimum atomic E-state index is -1.90. The van der Waals surface area contributed by atoms with E-state index in [-0.39, 0.29) is 19.4 Å². The Morgan fingerprint density at radius 2 is 2.06 bits per heavy atom. The summed E-state index contributed by atoms with van der Waals surface area (Å²) in [6.07, 6.45) is 4.40. The zero-order valence-corrected chi connectivity index (χ0v) is 20.6. The predicted molar refractivity (Wildman–Crippen MR) is 127 cm³/mol. The summed E-state index contributed by atoms with van der Waals surface area (Å²) >= 11 is 3.63. The number of esters is 1. The average Bonchev–Trinajstić information content (AvgIpc) is 3.56. The largest absolute Gasteiger partial charge is 0.464 e. The number of carbonyl (C=O) groups is 1. The molecule has 2 aromatic heterocycles. The third-order valence-corrected chi connectivity index (χ3v) is 7.23. The van der Waals surface area contributed by atoms with E-state index in [1.165, 1.54) is 12.8 Å². The van der Waals surface area contributed by atoms with Crippen LogP contribution in [0.5, 0.6) is 11.6 Å². The first kappa shape index (κ1) is 23.2. The van der Waals surface area contributed by atoms with Gasteiger partial charge in [-0.2, -0.15) is 0 Å². The van der Waals surface area contributed by atoms with Crippen molar-refractivity contribution in [2.24, 2.45) is 5.92 Å². The third kappa shape index (κ3) is 4.79. The number of ether oxygens (including phenoxy) is 2. The van der Waals surface area contributed by atoms with Crippen LogP contribution in [0, 0.1) is 5.92 Å². The molecule has 0 unspecified atom stereocenters. The molecule has 3 aromatic rings. The number of pyridine rings is 1. The SMILES string of the molecule is CCOC(=O)C1(F)CCN(Cc2cccnc2Oc2ccc3c(nnn3CC3CC3)c2Br)CC1. The number of piperidine rings is 1. The fourth-order valence-electron chi connectivity index (χ4n) is 4.26. The van der Waals surface area contributed by atoms with Crippen LogP contribution in [-0.2, 0) is 22.6 Å². The van der Waals surface area contributed by atoms with Crippen LogP contribution in [0.15, 0.2) is 34.9 Å². The molecule has 1 aliphatic heterocycles. The number of hydrogen-bond acceptors (Lipinski definition) is 7. The molecular weight excluding hydrogens is 505 g/mol. The van der Waals surface area contributed by atoms with Crippen LogP contribution in [0.3, 0.4) is 0 Å². The molecule has 0 spiro atoms. The molecule has 5 rings (SSSR count). The summed E-state index contributed by atoms with van der Waals surface area (Å²) < 4.78 is 28.7. The van der Waals surface area contributed by atoms with Crippen LogP contribution in [0.2, 0.25) is 0 Å². The minimum absolute atomic E-state index is 0.112. The van der Waals surface area contributed by atoms with Gasteiger partial charge in [-0.3, -0.25) is 4.90 Å². The number of likely N-dealkylation sites (tertiary alicyclic amines) is 1. The maximum absolute atomic E-state index is 14.9. The molecule has 0 radical (unpaired) electrons. The Morgan fingerprint density at radius 1 is 1.26 bits per heavy atom. The van der Waals surface area contributed by atoms with Gasteiger partial charge in [-0.25, -0.2) is 18.9 Å². The number of alkyl halides is 1. The van der Waals surface area contributed by atoms with Crippen molar-refractivity contribution in [2.45, 2.75) is 51.4 Å². The third-order valence-electron chi connectivity index (χ3n) is 6.46. The summed E-state index contributed by atoms with van der Waals surface area (Å²) in [5, 5.41) is 8.65. The lowest BCUT2D eigenvalue weighted by Gasteiger charge is -2.34. The standard InChI is InChI=1S/C24H27BrFN5O3/c1-2-33-23(32)24(26)9-12-30(13-10-24)15-17-4-3-11-27-22(17)34-19-8-7-18-21(20(19)25)28-29-31(18)14-16-5-6-16/h3-4,7-8,11,16H,2,5-6,9-10,12-15H2,1H3. The van der Waals surface area contributed by atoms with Gasteiger partial charge < -0.3 is 9.47 Å². The van der Waals surface area contributed by atoms with Gasteiger partial charge in [-0.05, 0) is 59.8 Å². The molecule has 1 aromatic carbocycles. The van der Waals surface area contributed by atoms with Gasteiger partial charge in [0.2, 0.25) is 11.5 Å². The quantitative estimate of drug-likeness (QED) is 0.391. The van der Waals surface area contributed by atoms with Crippen molar-refractivity contribution in [1.82, 2.24) is 24.9 Å². The lowest BCUT2D eigenvalue weighted by atomic mass is 9.93. The highest BCUT2D eigenvalue weighted by Crippen LogP contribution is 2.37. The Balaban J connectivity index is 1.29. The number of rotatable bonds is 8. The van der Waals surface area contributed by atoms with Gasteiger partial charge >= 0.3 is 5.97 Å². The fraction of sp³-hybridized carbons (Fsp3) is 0.500. The van der Waals surface area contributed by atoms with E-state index in [2.05, 4.69) is 36.1 Å². The van der Waals surface area contributed by atoms with Crippen molar-refractivity contribution < 1.29 is 18.7 Å². The van der Waals surface area contributed by atoms with E-state index in [0.29, 0.717) is 37.2 Å². The summed E-state index contributed by atoms with van der Waals surface area (Å²) in [7, 11) is 0. The van der Waals surface area contributed by atoms with Crippen LogP contribution in [0.1, 0.15) is 38.2 Å². The van der Waals surface area contributed by atoms with E-state index < -0.39 is 11.6 Å². The first-order valence-electron chi connectivity index (χ1n) is 11.7. The van der Waals surface area contributed by atoms with E-state index in [0.717, 1.165) is 27.6 Å². The monoisotopic (exact) mass is 531 g/mol. The maximum atomic E-state index is 14.9. The molecule has 1 saturated carbocycles. The molecule has 10 heteroatoms. The molecule has 2 aliphatic rings. The summed E-state index contributed by atoms with van der Waals surface area (Å²) in [5.41, 5.74) is 0.703. The first-order chi connectivity index (χ1) is 16.5. The van der Waals surface area contributed by atoms with Crippen molar-refractivity contribution in [1.29, 1.82) is 0 Å². The topological polar surface area (TPSA) is 82.4 Å². The van der Waals surface area contributed by atoms with Crippen molar-refractivity contribution in [3.05, 3.63) is 40.5 Å². The summed E-state index contributed by atoms with van der Waals surface area (Å²) in [6.45, 7) is 4.20. The lowest BCUT2D eigenvalue weighted by Crippen LogP contribution is -2.47. The minimum Gasteiger partial charge on any atom is -0.464 e. The first-order valence-corrected chi connectivity index (χ1v) is 12.5. The number of nitrogens with zero attached hydrogens (tertiary/aromatic N) is 5. The second-order valence-electron chi connectivity index (χ2n) is 8.99. The summed E-state index contributed by atoms with van der Waals surface area (Å²) in [4.78, 5) is 18.5. The molecular formula is C24H27BrFN5O3. The summed E-state index contributed by atoms with van der Waals surface area (Å²) in [6, 6.07) is 7.67. The second kappa shape index (κ2) is 9.58. The molecule has 180 valence electrons. The highest BCUT2D eigenvalue weighted by molar-refractivity contribution is 9.10. The number of hydrogen-bond donors (Lipinski definition) is 0. The van der Waals surface area contributed by atoms with Crippen LogP contribution in [0.4, 0.5) is 4.39 Å². The smallest absolute Gasteiger partial charge is 0.343 e. The molecule has 2 fully saturated rings. The number of halogens is 2. The molecule has 1 saturated heterocycles. The fourth-order valence-corrected chi connectivity index (χ4v) is 4.75. The Labute approximate surface area is 205 Å². The van der Waals surface area contributed by atoms with Gasteiger partial charge in [0.05, 0.1) is 16.6 Å². The van der Waals surface area contributed by atoms with Gasteiger partial charge in [-0.1, -0.05) is 11.3 Å². The average molecular weight is 532 g/mol. The number of aromatic nitrogens is 4. The van der Waals surface area contributed by atoms with E-state index in [1.807, 2.05) is 28.9 Å². The van der Waals surface area contributed by atoms with Crippen molar-refractivity contribution in [2.75, 3.05) is 19.7 Å². The van der Waals surface area contributed by atoms with Gasteiger partial charge in [0.25, 0.3) is 0 Å². The highest BCUT2D eigenvalue weighted by Gasteiger charge is 2.43. The molecule has 3 heterocycles. The van der Waals surface area contributed by atoms with Crippen LogP contribution in [0.25, 0.3) is 11.0 Å². The van der Waals surface area contributed by atoms with Crippen molar-refractivity contribution in [3.63, 3.8) is 0 Å². The molecule has 34 heavy (non-hydrogen) atoms. The van der Waals surface area contributed by atoms with E-state index in [1.54, 1.807) is 13.1 Å². The Hall–Kier alpha value is -2.59. The Bertz CT molecular complexity index is 1190. The normalized spacial score (nSPS) is 18.2. The number of carbonyl (C=O) groups excluding carboxylic acids is 1. The Kier molecular flexibility index (Phi) is 6.52. The van der Waals surface area contributed by atoms with Crippen LogP contribution < -0.4 is 4.74 Å². The van der Waals surface area contributed by atoms with Gasteiger partial charge in [0, 0.05) is 50.8 Å².